The zero-order chi connectivity index (χ0) is 13.4. The quantitative estimate of drug-likeness (QED) is 0.800. The van der Waals surface area contributed by atoms with Crippen LogP contribution in [0.1, 0.15) is 36.5 Å². The number of benzene rings is 1. The maximum atomic E-state index is 11.9. The number of carbonyl (C=O) groups excluding carboxylic acids is 1. The number of aliphatic hydroxyl groups is 1. The standard InChI is InChI=1S/C14H20ClNO2/c1-2-5-11(8-9-17)10-16-14(18)12-6-3-4-7-13(12)15/h3-4,6-7,11,17H,2,5,8-10H2,1H3,(H,16,18). The van der Waals surface area contributed by atoms with Crippen LogP contribution < -0.4 is 5.32 Å². The molecule has 0 spiro atoms. The Hall–Kier alpha value is -1.06. The molecule has 0 saturated heterocycles. The molecule has 0 aliphatic rings. The highest BCUT2D eigenvalue weighted by molar-refractivity contribution is 6.33. The summed E-state index contributed by atoms with van der Waals surface area (Å²) in [6.45, 7) is 2.84. The first-order chi connectivity index (χ1) is 8.69. The van der Waals surface area contributed by atoms with E-state index in [1.807, 2.05) is 0 Å². The maximum Gasteiger partial charge on any atom is 0.252 e. The van der Waals surface area contributed by atoms with Gasteiger partial charge in [0.2, 0.25) is 0 Å². The fourth-order valence-electron chi connectivity index (χ4n) is 1.92. The number of rotatable bonds is 7. The zero-order valence-corrected chi connectivity index (χ0v) is 11.4. The Morgan fingerprint density at radius 3 is 2.72 bits per heavy atom. The molecule has 0 aliphatic carbocycles. The first-order valence-corrected chi connectivity index (χ1v) is 6.70. The molecule has 2 N–H and O–H groups in total. The van der Waals surface area contributed by atoms with E-state index in [1.165, 1.54) is 0 Å². The number of amides is 1. The summed E-state index contributed by atoms with van der Waals surface area (Å²) in [6.07, 6.45) is 2.77. The Morgan fingerprint density at radius 2 is 2.11 bits per heavy atom. The molecule has 0 heterocycles. The van der Waals surface area contributed by atoms with Crippen LogP contribution in [0.15, 0.2) is 24.3 Å². The third kappa shape index (κ3) is 4.67. The predicted octanol–water partition coefficient (Wildman–Crippen LogP) is 2.87. The largest absolute Gasteiger partial charge is 0.396 e. The Bertz CT molecular complexity index is 376. The zero-order valence-electron chi connectivity index (χ0n) is 10.7. The fourth-order valence-corrected chi connectivity index (χ4v) is 2.14. The van der Waals surface area contributed by atoms with Crippen LogP contribution in [0.5, 0.6) is 0 Å². The van der Waals surface area contributed by atoms with Crippen molar-refractivity contribution >= 4 is 17.5 Å². The molecule has 18 heavy (non-hydrogen) atoms. The Morgan fingerprint density at radius 1 is 1.39 bits per heavy atom. The molecule has 1 amide bonds. The number of hydrogen-bond acceptors (Lipinski definition) is 2. The SMILES string of the molecule is CCCC(CCO)CNC(=O)c1ccccc1Cl. The van der Waals surface area contributed by atoms with E-state index in [-0.39, 0.29) is 12.5 Å². The fraction of sp³-hybridized carbons (Fsp3) is 0.500. The van der Waals surface area contributed by atoms with Crippen molar-refractivity contribution in [1.82, 2.24) is 5.32 Å². The molecule has 1 rings (SSSR count). The molecule has 1 aromatic carbocycles. The first kappa shape index (κ1) is 15.0. The van der Waals surface area contributed by atoms with Gasteiger partial charge in [-0.25, -0.2) is 0 Å². The third-order valence-electron chi connectivity index (χ3n) is 2.90. The highest BCUT2D eigenvalue weighted by atomic mass is 35.5. The van der Waals surface area contributed by atoms with E-state index in [9.17, 15) is 4.79 Å². The van der Waals surface area contributed by atoms with Gasteiger partial charge in [0.1, 0.15) is 0 Å². The molecule has 0 radical (unpaired) electrons. The molecule has 1 atom stereocenters. The summed E-state index contributed by atoms with van der Waals surface area (Å²) in [6, 6.07) is 7.00. The van der Waals surface area contributed by atoms with Gasteiger partial charge >= 0.3 is 0 Å². The molecule has 0 fully saturated rings. The van der Waals surface area contributed by atoms with Gasteiger partial charge in [0.25, 0.3) is 5.91 Å². The number of aliphatic hydroxyl groups excluding tert-OH is 1. The summed E-state index contributed by atoms with van der Waals surface area (Å²) in [5.41, 5.74) is 0.499. The second kappa shape index (κ2) is 8.11. The van der Waals surface area contributed by atoms with E-state index in [0.717, 1.165) is 19.3 Å². The summed E-state index contributed by atoms with van der Waals surface area (Å²) in [5, 5.41) is 12.3. The van der Waals surface area contributed by atoms with Crippen molar-refractivity contribution < 1.29 is 9.90 Å². The number of halogens is 1. The van der Waals surface area contributed by atoms with E-state index in [4.69, 9.17) is 16.7 Å². The molecule has 1 unspecified atom stereocenters. The lowest BCUT2D eigenvalue weighted by Gasteiger charge is -2.15. The van der Waals surface area contributed by atoms with Gasteiger partial charge in [-0.15, -0.1) is 0 Å². The minimum atomic E-state index is -0.153. The van der Waals surface area contributed by atoms with Crippen LogP contribution in [0.2, 0.25) is 5.02 Å². The van der Waals surface area contributed by atoms with Crippen molar-refractivity contribution in [3.63, 3.8) is 0 Å². The smallest absolute Gasteiger partial charge is 0.252 e. The van der Waals surface area contributed by atoms with Crippen molar-refractivity contribution in [3.05, 3.63) is 34.9 Å². The topological polar surface area (TPSA) is 49.3 Å². The van der Waals surface area contributed by atoms with Gasteiger partial charge in [-0.1, -0.05) is 37.1 Å². The second-order valence-corrected chi connectivity index (χ2v) is 4.76. The van der Waals surface area contributed by atoms with E-state index in [1.54, 1.807) is 24.3 Å². The molecule has 3 nitrogen and oxygen atoms in total. The Kier molecular flexibility index (Phi) is 6.76. The maximum absolute atomic E-state index is 11.9. The van der Waals surface area contributed by atoms with Crippen molar-refractivity contribution in [2.24, 2.45) is 5.92 Å². The van der Waals surface area contributed by atoms with Gasteiger partial charge in [-0.2, -0.15) is 0 Å². The third-order valence-corrected chi connectivity index (χ3v) is 3.23. The van der Waals surface area contributed by atoms with Crippen molar-refractivity contribution in [2.45, 2.75) is 26.2 Å². The summed E-state index contributed by atoms with van der Waals surface area (Å²) >= 11 is 5.96. The van der Waals surface area contributed by atoms with Crippen LogP contribution >= 0.6 is 11.6 Å². The average molecular weight is 270 g/mol. The van der Waals surface area contributed by atoms with Crippen LogP contribution in [0.25, 0.3) is 0 Å². The summed E-state index contributed by atoms with van der Waals surface area (Å²) in [7, 11) is 0. The minimum absolute atomic E-state index is 0.153. The molecule has 0 aromatic heterocycles. The van der Waals surface area contributed by atoms with E-state index >= 15 is 0 Å². The van der Waals surface area contributed by atoms with Crippen molar-refractivity contribution in [1.29, 1.82) is 0 Å². The van der Waals surface area contributed by atoms with E-state index in [0.29, 0.717) is 23.0 Å². The minimum Gasteiger partial charge on any atom is -0.396 e. The summed E-state index contributed by atoms with van der Waals surface area (Å²) in [5.74, 6) is 0.172. The molecule has 0 bridgehead atoms. The van der Waals surface area contributed by atoms with Crippen LogP contribution in [0, 0.1) is 5.92 Å². The average Bonchev–Trinajstić information content (AvgIpc) is 2.36. The highest BCUT2D eigenvalue weighted by Gasteiger charge is 2.12. The molecular weight excluding hydrogens is 250 g/mol. The van der Waals surface area contributed by atoms with Crippen molar-refractivity contribution in [2.75, 3.05) is 13.2 Å². The lowest BCUT2D eigenvalue weighted by molar-refractivity contribution is 0.0943. The highest BCUT2D eigenvalue weighted by Crippen LogP contribution is 2.15. The van der Waals surface area contributed by atoms with Gasteiger partial charge in [-0.3, -0.25) is 4.79 Å². The van der Waals surface area contributed by atoms with E-state index in [2.05, 4.69) is 12.2 Å². The molecule has 4 heteroatoms. The number of nitrogens with one attached hydrogen (secondary N) is 1. The lowest BCUT2D eigenvalue weighted by Crippen LogP contribution is -2.30. The first-order valence-electron chi connectivity index (χ1n) is 6.32. The Labute approximate surface area is 113 Å². The number of hydrogen-bond donors (Lipinski definition) is 2. The van der Waals surface area contributed by atoms with Crippen LogP contribution in [-0.4, -0.2) is 24.2 Å². The summed E-state index contributed by atoms with van der Waals surface area (Å²) < 4.78 is 0. The summed E-state index contributed by atoms with van der Waals surface area (Å²) in [4.78, 5) is 11.9. The van der Waals surface area contributed by atoms with Crippen LogP contribution in [-0.2, 0) is 0 Å². The molecule has 0 aliphatic heterocycles. The lowest BCUT2D eigenvalue weighted by atomic mass is 10.00. The van der Waals surface area contributed by atoms with Gasteiger partial charge in [0, 0.05) is 13.2 Å². The van der Waals surface area contributed by atoms with Crippen LogP contribution in [0.3, 0.4) is 0 Å². The Balaban J connectivity index is 2.52. The molecule has 100 valence electrons. The molecular formula is C14H20ClNO2. The van der Waals surface area contributed by atoms with E-state index < -0.39 is 0 Å². The van der Waals surface area contributed by atoms with Gasteiger partial charge in [0.15, 0.2) is 0 Å². The second-order valence-electron chi connectivity index (χ2n) is 4.36. The van der Waals surface area contributed by atoms with Crippen LogP contribution in [0.4, 0.5) is 0 Å². The van der Waals surface area contributed by atoms with Gasteiger partial charge in [0.05, 0.1) is 10.6 Å². The molecule has 1 aromatic rings. The van der Waals surface area contributed by atoms with Gasteiger partial charge < -0.3 is 10.4 Å². The molecule has 0 saturated carbocycles. The predicted molar refractivity (Wildman–Crippen MR) is 73.9 cm³/mol. The monoisotopic (exact) mass is 269 g/mol. The van der Waals surface area contributed by atoms with Crippen molar-refractivity contribution in [3.8, 4) is 0 Å². The normalized spacial score (nSPS) is 12.2. The number of carbonyl (C=O) groups is 1. The van der Waals surface area contributed by atoms with Gasteiger partial charge in [-0.05, 0) is 30.9 Å².